The van der Waals surface area contributed by atoms with E-state index >= 15 is 0 Å². The second kappa shape index (κ2) is 6.17. The molecule has 0 aliphatic carbocycles. The molecule has 0 saturated carbocycles. The third-order valence-electron chi connectivity index (χ3n) is 5.68. The number of fused-ring (bicyclic) bond motifs is 3. The Morgan fingerprint density at radius 1 is 1.00 bits per heavy atom. The average molecular weight is 344 g/mol. The van der Waals surface area contributed by atoms with Crippen LogP contribution < -0.4 is 10.2 Å². The molecule has 3 heteroatoms. The van der Waals surface area contributed by atoms with E-state index in [9.17, 15) is 4.79 Å². The molecule has 4 rings (SSSR count). The standard InChI is InChI=1S/C23H24N2O/c1-22(2)19-13-6-7-14-20(19)25-17-15-21(26)24-23(22,25)16-9-8-12-18-10-4-3-5-11-18/h3-14,16H,15,17H2,1-2H3,(H,24,26)/b12-8+,16-9+. The van der Waals surface area contributed by atoms with Gasteiger partial charge in [-0.2, -0.15) is 0 Å². The molecule has 1 atom stereocenters. The number of allylic oxidation sites excluding steroid dienone is 2. The molecule has 0 aromatic heterocycles. The zero-order valence-corrected chi connectivity index (χ0v) is 15.3. The monoisotopic (exact) mass is 344 g/mol. The lowest BCUT2D eigenvalue weighted by Gasteiger charge is -2.49. The lowest BCUT2D eigenvalue weighted by molar-refractivity contribution is -0.124. The minimum atomic E-state index is -0.535. The minimum Gasteiger partial charge on any atom is -0.344 e. The van der Waals surface area contributed by atoms with Gasteiger partial charge in [0, 0.05) is 24.1 Å². The van der Waals surface area contributed by atoms with Crippen molar-refractivity contribution in [2.75, 3.05) is 11.4 Å². The average Bonchev–Trinajstić information content (AvgIpc) is 2.84. The highest BCUT2D eigenvalue weighted by molar-refractivity contribution is 5.84. The molecule has 0 bridgehead atoms. The Morgan fingerprint density at radius 2 is 1.73 bits per heavy atom. The van der Waals surface area contributed by atoms with Gasteiger partial charge in [0.25, 0.3) is 0 Å². The van der Waals surface area contributed by atoms with E-state index < -0.39 is 5.66 Å². The van der Waals surface area contributed by atoms with Crippen molar-refractivity contribution < 1.29 is 4.79 Å². The molecule has 1 fully saturated rings. The molecule has 2 heterocycles. The zero-order chi connectivity index (χ0) is 18.2. The Balaban J connectivity index is 1.72. The number of para-hydroxylation sites is 1. The van der Waals surface area contributed by atoms with Crippen molar-refractivity contribution in [1.82, 2.24) is 5.32 Å². The number of anilines is 1. The van der Waals surface area contributed by atoms with Crippen LogP contribution in [0.2, 0.25) is 0 Å². The summed E-state index contributed by atoms with van der Waals surface area (Å²) in [4.78, 5) is 14.7. The molecule has 2 aliphatic heterocycles. The molecule has 1 amide bonds. The molecule has 0 spiro atoms. The molecule has 2 aromatic carbocycles. The fourth-order valence-corrected chi connectivity index (χ4v) is 4.24. The summed E-state index contributed by atoms with van der Waals surface area (Å²) in [5.41, 5.74) is 2.89. The van der Waals surface area contributed by atoms with Crippen molar-refractivity contribution in [1.29, 1.82) is 0 Å². The lowest BCUT2D eigenvalue weighted by Crippen LogP contribution is -2.68. The quantitative estimate of drug-likeness (QED) is 0.844. The summed E-state index contributed by atoms with van der Waals surface area (Å²) in [6.45, 7) is 5.16. The van der Waals surface area contributed by atoms with Crippen LogP contribution in [-0.2, 0) is 10.2 Å². The van der Waals surface area contributed by atoms with Gasteiger partial charge in [-0.25, -0.2) is 0 Å². The number of hydrogen-bond acceptors (Lipinski definition) is 2. The second-order valence-electron chi connectivity index (χ2n) is 7.49. The second-order valence-corrected chi connectivity index (χ2v) is 7.49. The summed E-state index contributed by atoms with van der Waals surface area (Å²) < 4.78 is 0. The molecule has 26 heavy (non-hydrogen) atoms. The topological polar surface area (TPSA) is 32.3 Å². The Hall–Kier alpha value is -2.81. The van der Waals surface area contributed by atoms with Gasteiger partial charge in [0.05, 0.1) is 0 Å². The van der Waals surface area contributed by atoms with E-state index in [1.807, 2.05) is 24.3 Å². The first-order valence-corrected chi connectivity index (χ1v) is 9.14. The van der Waals surface area contributed by atoms with E-state index in [-0.39, 0.29) is 11.3 Å². The molecular formula is C23H24N2O. The van der Waals surface area contributed by atoms with Gasteiger partial charge in [-0.3, -0.25) is 4.79 Å². The van der Waals surface area contributed by atoms with Crippen molar-refractivity contribution in [3.63, 3.8) is 0 Å². The Kier molecular flexibility index (Phi) is 3.95. The summed E-state index contributed by atoms with van der Waals surface area (Å²) in [7, 11) is 0. The van der Waals surface area contributed by atoms with Crippen LogP contribution in [-0.4, -0.2) is 18.1 Å². The van der Waals surface area contributed by atoms with Crippen LogP contribution in [0.3, 0.4) is 0 Å². The lowest BCUT2D eigenvalue weighted by atomic mass is 9.74. The number of rotatable bonds is 3. The van der Waals surface area contributed by atoms with Crippen molar-refractivity contribution >= 4 is 17.7 Å². The first-order valence-electron chi connectivity index (χ1n) is 9.14. The molecule has 2 aliphatic rings. The van der Waals surface area contributed by atoms with E-state index in [0.29, 0.717) is 6.42 Å². The van der Waals surface area contributed by atoms with Gasteiger partial charge in [0.1, 0.15) is 5.66 Å². The number of carbonyl (C=O) groups is 1. The minimum absolute atomic E-state index is 0.110. The molecule has 1 N–H and O–H groups in total. The van der Waals surface area contributed by atoms with Crippen LogP contribution in [0.1, 0.15) is 31.4 Å². The van der Waals surface area contributed by atoms with Crippen molar-refractivity contribution in [2.45, 2.75) is 31.3 Å². The SMILES string of the molecule is CC1(C)c2ccccc2N2CCC(=O)NC21/C=C/C=C/c1ccccc1. The number of nitrogens with one attached hydrogen (secondary N) is 1. The van der Waals surface area contributed by atoms with E-state index in [4.69, 9.17) is 0 Å². The Bertz CT molecular complexity index is 882. The first-order chi connectivity index (χ1) is 12.5. The van der Waals surface area contributed by atoms with Crippen LogP contribution in [0.4, 0.5) is 5.69 Å². The van der Waals surface area contributed by atoms with Crippen LogP contribution in [0.5, 0.6) is 0 Å². The van der Waals surface area contributed by atoms with Crippen molar-refractivity contribution in [3.05, 3.63) is 84.0 Å². The molecule has 132 valence electrons. The third-order valence-corrected chi connectivity index (χ3v) is 5.68. The predicted molar refractivity (Wildman–Crippen MR) is 107 cm³/mol. The largest absolute Gasteiger partial charge is 0.344 e. The van der Waals surface area contributed by atoms with Gasteiger partial charge in [-0.1, -0.05) is 80.6 Å². The highest BCUT2D eigenvalue weighted by atomic mass is 16.2. The van der Waals surface area contributed by atoms with E-state index in [1.54, 1.807) is 0 Å². The van der Waals surface area contributed by atoms with E-state index in [1.165, 1.54) is 11.3 Å². The molecule has 1 unspecified atom stereocenters. The van der Waals surface area contributed by atoms with Crippen molar-refractivity contribution in [2.24, 2.45) is 0 Å². The number of benzene rings is 2. The van der Waals surface area contributed by atoms with E-state index in [2.05, 4.69) is 78.7 Å². The smallest absolute Gasteiger partial charge is 0.223 e. The third kappa shape index (κ3) is 2.47. The number of carbonyl (C=O) groups excluding carboxylic acids is 1. The van der Waals surface area contributed by atoms with Gasteiger partial charge in [0.2, 0.25) is 5.91 Å². The van der Waals surface area contributed by atoms with Gasteiger partial charge in [0.15, 0.2) is 0 Å². The fourth-order valence-electron chi connectivity index (χ4n) is 4.24. The summed E-state index contributed by atoms with van der Waals surface area (Å²) >= 11 is 0. The summed E-state index contributed by atoms with van der Waals surface area (Å²) in [6.07, 6.45) is 8.85. The summed E-state index contributed by atoms with van der Waals surface area (Å²) in [5, 5.41) is 3.29. The first kappa shape index (κ1) is 16.6. The maximum absolute atomic E-state index is 12.3. The van der Waals surface area contributed by atoms with Gasteiger partial charge in [-0.05, 0) is 23.3 Å². The number of nitrogens with zero attached hydrogens (tertiary/aromatic N) is 1. The van der Waals surface area contributed by atoms with Gasteiger partial charge < -0.3 is 10.2 Å². The molecule has 1 saturated heterocycles. The van der Waals surface area contributed by atoms with Crippen LogP contribution >= 0.6 is 0 Å². The van der Waals surface area contributed by atoms with Crippen LogP contribution in [0.15, 0.2) is 72.8 Å². The molecule has 3 nitrogen and oxygen atoms in total. The zero-order valence-electron chi connectivity index (χ0n) is 15.3. The van der Waals surface area contributed by atoms with Crippen LogP contribution in [0.25, 0.3) is 6.08 Å². The Labute approximate surface area is 155 Å². The number of amides is 1. The summed E-state index contributed by atoms with van der Waals surface area (Å²) in [5.74, 6) is 0.110. The molecule has 0 radical (unpaired) electrons. The molecule has 2 aromatic rings. The van der Waals surface area contributed by atoms with Gasteiger partial charge in [-0.15, -0.1) is 0 Å². The highest BCUT2D eigenvalue weighted by Crippen LogP contribution is 2.52. The predicted octanol–water partition coefficient (Wildman–Crippen LogP) is 4.27. The van der Waals surface area contributed by atoms with Crippen molar-refractivity contribution in [3.8, 4) is 0 Å². The maximum atomic E-state index is 12.3. The normalized spacial score (nSPS) is 23.9. The number of hydrogen-bond donors (Lipinski definition) is 1. The maximum Gasteiger partial charge on any atom is 0.223 e. The Morgan fingerprint density at radius 3 is 2.54 bits per heavy atom. The van der Waals surface area contributed by atoms with Gasteiger partial charge >= 0.3 is 0 Å². The molecular weight excluding hydrogens is 320 g/mol. The highest BCUT2D eigenvalue weighted by Gasteiger charge is 2.57. The fraction of sp³-hybridized carbons (Fsp3) is 0.261. The van der Waals surface area contributed by atoms with Crippen LogP contribution in [0, 0.1) is 0 Å². The summed E-state index contributed by atoms with van der Waals surface area (Å²) in [6, 6.07) is 18.7. The van der Waals surface area contributed by atoms with E-state index in [0.717, 1.165) is 12.1 Å².